The summed E-state index contributed by atoms with van der Waals surface area (Å²) >= 11 is 3.14. The fourth-order valence-electron chi connectivity index (χ4n) is 0.973. The van der Waals surface area contributed by atoms with E-state index in [9.17, 15) is 10.1 Å². The monoisotopic (exact) mass is 242 g/mol. The minimum atomic E-state index is -0.488. The van der Waals surface area contributed by atoms with E-state index in [1.165, 1.54) is 13.0 Å². The molecule has 1 rings (SSSR count). The van der Waals surface area contributed by atoms with Gasteiger partial charge in [0.2, 0.25) is 0 Å². The number of halogens is 1. The number of nitro benzene ring substituents is 1. The molecular formula is C8H7BrN2O2. The molecule has 0 spiro atoms. The zero-order valence-electron chi connectivity index (χ0n) is 6.87. The maximum atomic E-state index is 10.6. The SMILES string of the molecule is CC(=N)c1ccc(Br)cc1[N+](=O)[O-]. The molecule has 0 aliphatic carbocycles. The molecule has 13 heavy (non-hydrogen) atoms. The molecule has 0 aliphatic rings. The van der Waals surface area contributed by atoms with Crippen molar-refractivity contribution in [3.63, 3.8) is 0 Å². The summed E-state index contributed by atoms with van der Waals surface area (Å²) in [6.45, 7) is 1.52. The second-order valence-electron chi connectivity index (χ2n) is 2.54. The van der Waals surface area contributed by atoms with E-state index in [4.69, 9.17) is 5.41 Å². The second kappa shape index (κ2) is 3.66. The van der Waals surface area contributed by atoms with E-state index in [2.05, 4.69) is 15.9 Å². The van der Waals surface area contributed by atoms with Crippen LogP contribution in [0.25, 0.3) is 0 Å². The molecule has 0 radical (unpaired) electrons. The van der Waals surface area contributed by atoms with Crippen molar-refractivity contribution in [2.24, 2.45) is 0 Å². The summed E-state index contributed by atoms with van der Waals surface area (Å²) in [5.74, 6) is 0. The lowest BCUT2D eigenvalue weighted by molar-refractivity contribution is -0.385. The number of rotatable bonds is 2. The third kappa shape index (κ3) is 2.12. The van der Waals surface area contributed by atoms with Gasteiger partial charge in [-0.1, -0.05) is 15.9 Å². The third-order valence-corrected chi connectivity index (χ3v) is 2.05. The lowest BCUT2D eigenvalue weighted by Gasteiger charge is -2.00. The fraction of sp³-hybridized carbons (Fsp3) is 0.125. The van der Waals surface area contributed by atoms with Crippen molar-refractivity contribution in [2.75, 3.05) is 0 Å². The Labute approximate surface area is 83.4 Å². The molecule has 0 saturated carbocycles. The number of nitrogens with one attached hydrogen (secondary N) is 1. The third-order valence-electron chi connectivity index (χ3n) is 1.56. The minimum absolute atomic E-state index is 0.0399. The summed E-state index contributed by atoms with van der Waals surface area (Å²) < 4.78 is 0.643. The van der Waals surface area contributed by atoms with Gasteiger partial charge in [-0.15, -0.1) is 0 Å². The first kappa shape index (κ1) is 9.85. The van der Waals surface area contributed by atoms with Crippen LogP contribution in [0.5, 0.6) is 0 Å². The molecule has 0 saturated heterocycles. The minimum Gasteiger partial charge on any atom is -0.305 e. The van der Waals surface area contributed by atoms with Crippen LogP contribution in [0.15, 0.2) is 22.7 Å². The summed E-state index contributed by atoms with van der Waals surface area (Å²) in [7, 11) is 0. The number of benzene rings is 1. The molecule has 1 N–H and O–H groups in total. The number of hydrogen-bond donors (Lipinski definition) is 1. The molecule has 1 aromatic carbocycles. The molecule has 0 aliphatic heterocycles. The average molecular weight is 243 g/mol. The predicted molar refractivity (Wildman–Crippen MR) is 53.3 cm³/mol. The second-order valence-corrected chi connectivity index (χ2v) is 3.46. The van der Waals surface area contributed by atoms with Crippen LogP contribution in [-0.2, 0) is 0 Å². The first-order chi connectivity index (χ1) is 6.02. The highest BCUT2D eigenvalue weighted by Crippen LogP contribution is 2.23. The molecular weight excluding hydrogens is 236 g/mol. The Morgan fingerprint density at radius 2 is 2.23 bits per heavy atom. The van der Waals surface area contributed by atoms with Crippen molar-refractivity contribution in [3.8, 4) is 0 Å². The quantitative estimate of drug-likeness (QED) is 0.493. The van der Waals surface area contributed by atoms with Gasteiger partial charge in [0, 0.05) is 16.3 Å². The highest BCUT2D eigenvalue weighted by atomic mass is 79.9. The molecule has 5 heteroatoms. The number of nitro groups is 1. The highest BCUT2D eigenvalue weighted by molar-refractivity contribution is 9.10. The van der Waals surface area contributed by atoms with E-state index in [-0.39, 0.29) is 11.4 Å². The zero-order chi connectivity index (χ0) is 10.0. The molecule has 0 amide bonds. The highest BCUT2D eigenvalue weighted by Gasteiger charge is 2.14. The van der Waals surface area contributed by atoms with E-state index >= 15 is 0 Å². The standard InChI is InChI=1S/C8H7BrN2O2/c1-5(10)7-3-2-6(9)4-8(7)11(12)13/h2-4,10H,1H3. The summed E-state index contributed by atoms with van der Waals surface area (Å²) in [6, 6.07) is 4.64. The van der Waals surface area contributed by atoms with Gasteiger partial charge >= 0.3 is 0 Å². The Bertz CT molecular complexity index is 376. The zero-order valence-corrected chi connectivity index (χ0v) is 8.46. The Morgan fingerprint density at radius 3 is 2.69 bits per heavy atom. The Hall–Kier alpha value is -1.23. The lowest BCUT2D eigenvalue weighted by atomic mass is 10.1. The molecule has 1 aromatic rings. The molecule has 0 heterocycles. The van der Waals surface area contributed by atoms with Crippen LogP contribution in [0, 0.1) is 15.5 Å². The summed E-state index contributed by atoms with van der Waals surface area (Å²) in [5.41, 5.74) is 0.509. The Balaban J connectivity index is 3.35. The van der Waals surface area contributed by atoms with Crippen molar-refractivity contribution < 1.29 is 4.92 Å². The summed E-state index contributed by atoms with van der Waals surface area (Å²) in [6.07, 6.45) is 0. The largest absolute Gasteiger partial charge is 0.305 e. The van der Waals surface area contributed by atoms with Crippen LogP contribution in [0.1, 0.15) is 12.5 Å². The van der Waals surface area contributed by atoms with Crippen LogP contribution in [0.3, 0.4) is 0 Å². The van der Waals surface area contributed by atoms with Crippen molar-refractivity contribution in [1.82, 2.24) is 0 Å². The van der Waals surface area contributed by atoms with E-state index in [0.29, 0.717) is 10.0 Å². The van der Waals surface area contributed by atoms with E-state index < -0.39 is 4.92 Å². The fourth-order valence-corrected chi connectivity index (χ4v) is 1.32. The van der Waals surface area contributed by atoms with Crippen LogP contribution in [0.2, 0.25) is 0 Å². The molecule has 0 unspecified atom stereocenters. The van der Waals surface area contributed by atoms with Gasteiger partial charge in [0.1, 0.15) is 0 Å². The van der Waals surface area contributed by atoms with Gasteiger partial charge in [0.25, 0.3) is 5.69 Å². The molecule has 68 valence electrons. The smallest absolute Gasteiger partial charge is 0.279 e. The molecule has 0 aromatic heterocycles. The number of nitrogens with zero attached hydrogens (tertiary/aromatic N) is 1. The van der Waals surface area contributed by atoms with Crippen molar-refractivity contribution >= 4 is 27.3 Å². The normalized spacial score (nSPS) is 9.69. The van der Waals surface area contributed by atoms with Crippen molar-refractivity contribution in [2.45, 2.75) is 6.92 Å². The Morgan fingerprint density at radius 1 is 1.62 bits per heavy atom. The van der Waals surface area contributed by atoms with Crippen molar-refractivity contribution in [1.29, 1.82) is 5.41 Å². The predicted octanol–water partition coefficient (Wildman–Crippen LogP) is 2.75. The van der Waals surface area contributed by atoms with Gasteiger partial charge in [0.15, 0.2) is 0 Å². The van der Waals surface area contributed by atoms with Crippen LogP contribution in [0.4, 0.5) is 5.69 Å². The van der Waals surface area contributed by atoms with Gasteiger partial charge < -0.3 is 5.41 Å². The van der Waals surface area contributed by atoms with E-state index in [1.54, 1.807) is 12.1 Å². The Kier molecular flexibility index (Phi) is 2.77. The van der Waals surface area contributed by atoms with Crippen LogP contribution >= 0.6 is 15.9 Å². The molecule has 4 nitrogen and oxygen atoms in total. The average Bonchev–Trinajstić information content (AvgIpc) is 2.03. The van der Waals surface area contributed by atoms with E-state index in [0.717, 1.165) is 0 Å². The van der Waals surface area contributed by atoms with Gasteiger partial charge in [0.05, 0.1) is 10.5 Å². The summed E-state index contributed by atoms with van der Waals surface area (Å²) in [5, 5.41) is 17.9. The topological polar surface area (TPSA) is 67.0 Å². The van der Waals surface area contributed by atoms with Crippen LogP contribution < -0.4 is 0 Å². The summed E-state index contributed by atoms with van der Waals surface area (Å²) in [4.78, 5) is 10.1. The molecule has 0 bridgehead atoms. The maximum absolute atomic E-state index is 10.6. The van der Waals surface area contributed by atoms with Gasteiger partial charge in [-0.05, 0) is 19.1 Å². The first-order valence-electron chi connectivity index (χ1n) is 3.52. The first-order valence-corrected chi connectivity index (χ1v) is 4.31. The molecule has 0 atom stereocenters. The van der Waals surface area contributed by atoms with Gasteiger partial charge in [-0.2, -0.15) is 0 Å². The lowest BCUT2D eigenvalue weighted by Crippen LogP contribution is -1.99. The van der Waals surface area contributed by atoms with Gasteiger partial charge in [-0.25, -0.2) is 0 Å². The number of hydrogen-bond acceptors (Lipinski definition) is 3. The molecule has 0 fully saturated rings. The van der Waals surface area contributed by atoms with Crippen LogP contribution in [-0.4, -0.2) is 10.6 Å². The van der Waals surface area contributed by atoms with Crippen molar-refractivity contribution in [3.05, 3.63) is 38.3 Å². The van der Waals surface area contributed by atoms with Gasteiger partial charge in [-0.3, -0.25) is 10.1 Å². The maximum Gasteiger partial charge on any atom is 0.279 e. The van der Waals surface area contributed by atoms with E-state index in [1.807, 2.05) is 0 Å².